The molecular weight excluding hydrogens is 303 g/mol. The van der Waals surface area contributed by atoms with Gasteiger partial charge in [-0.05, 0) is 56.1 Å². The van der Waals surface area contributed by atoms with Gasteiger partial charge in [0.15, 0.2) is 0 Å². The van der Waals surface area contributed by atoms with Gasteiger partial charge in [0.1, 0.15) is 11.6 Å². The van der Waals surface area contributed by atoms with Crippen molar-refractivity contribution in [3.8, 4) is 0 Å². The second kappa shape index (κ2) is 10.0. The van der Waals surface area contributed by atoms with Crippen LogP contribution in [0.3, 0.4) is 0 Å². The summed E-state index contributed by atoms with van der Waals surface area (Å²) in [5, 5.41) is 3.45. The fourth-order valence-corrected chi connectivity index (χ4v) is 2.51. The van der Waals surface area contributed by atoms with Crippen LogP contribution in [-0.2, 0) is 6.54 Å². The molecule has 0 amide bonds. The molecule has 1 unspecified atom stereocenters. The predicted molar refractivity (Wildman–Crippen MR) is 97.4 cm³/mol. The number of nitrogens with one attached hydrogen (secondary N) is 1. The standard InChI is InChI=1S/C19H27FN4/c1-16(21)5-4-11-22-13-14-24(19-6-2-3-12-23-19)15-17-7-9-18(20)10-8-17/h2-3,6-10,12,16,22H,4-5,11,13-15,21H2,1H3. The molecule has 4 nitrogen and oxygen atoms in total. The Morgan fingerprint density at radius 3 is 2.62 bits per heavy atom. The molecule has 0 fully saturated rings. The van der Waals surface area contributed by atoms with Crippen molar-refractivity contribution in [3.63, 3.8) is 0 Å². The van der Waals surface area contributed by atoms with E-state index in [1.807, 2.05) is 37.3 Å². The van der Waals surface area contributed by atoms with Crippen LogP contribution in [0.2, 0.25) is 0 Å². The molecule has 0 aliphatic carbocycles. The van der Waals surface area contributed by atoms with Crippen molar-refractivity contribution in [3.05, 3.63) is 60.0 Å². The lowest BCUT2D eigenvalue weighted by Crippen LogP contribution is -2.33. The molecule has 0 saturated heterocycles. The van der Waals surface area contributed by atoms with Crippen LogP contribution in [0.4, 0.5) is 10.2 Å². The van der Waals surface area contributed by atoms with Gasteiger partial charge in [-0.25, -0.2) is 9.37 Å². The quantitative estimate of drug-likeness (QED) is 0.658. The minimum Gasteiger partial charge on any atom is -0.351 e. The highest BCUT2D eigenvalue weighted by molar-refractivity contribution is 5.39. The first-order valence-electron chi connectivity index (χ1n) is 8.52. The SMILES string of the molecule is CC(N)CCCNCCN(Cc1ccc(F)cc1)c1ccccn1. The van der Waals surface area contributed by atoms with Gasteiger partial charge < -0.3 is 16.0 Å². The smallest absolute Gasteiger partial charge is 0.128 e. The van der Waals surface area contributed by atoms with Crippen LogP contribution in [-0.4, -0.2) is 30.7 Å². The summed E-state index contributed by atoms with van der Waals surface area (Å²) < 4.78 is 13.1. The van der Waals surface area contributed by atoms with Crippen molar-refractivity contribution in [2.45, 2.75) is 32.4 Å². The molecule has 0 aliphatic rings. The van der Waals surface area contributed by atoms with E-state index in [9.17, 15) is 4.39 Å². The van der Waals surface area contributed by atoms with Crippen LogP contribution in [0.1, 0.15) is 25.3 Å². The topological polar surface area (TPSA) is 54.2 Å². The third-order valence-electron chi connectivity index (χ3n) is 3.83. The molecule has 0 saturated carbocycles. The van der Waals surface area contributed by atoms with Crippen LogP contribution in [0.5, 0.6) is 0 Å². The number of anilines is 1. The minimum absolute atomic E-state index is 0.209. The summed E-state index contributed by atoms with van der Waals surface area (Å²) in [5.74, 6) is 0.721. The minimum atomic E-state index is -0.209. The lowest BCUT2D eigenvalue weighted by atomic mass is 10.2. The molecule has 5 heteroatoms. The van der Waals surface area contributed by atoms with E-state index in [0.717, 1.165) is 43.9 Å². The maximum Gasteiger partial charge on any atom is 0.128 e. The molecule has 2 rings (SSSR count). The van der Waals surface area contributed by atoms with E-state index in [1.54, 1.807) is 6.20 Å². The van der Waals surface area contributed by atoms with E-state index < -0.39 is 0 Å². The van der Waals surface area contributed by atoms with Gasteiger partial charge in [0.25, 0.3) is 0 Å². The second-order valence-electron chi connectivity index (χ2n) is 6.11. The zero-order valence-corrected chi connectivity index (χ0v) is 14.3. The van der Waals surface area contributed by atoms with Crippen molar-refractivity contribution in [1.82, 2.24) is 10.3 Å². The molecule has 1 aromatic heterocycles. The Balaban J connectivity index is 1.88. The van der Waals surface area contributed by atoms with E-state index in [-0.39, 0.29) is 11.9 Å². The lowest BCUT2D eigenvalue weighted by Gasteiger charge is -2.24. The number of rotatable bonds is 10. The van der Waals surface area contributed by atoms with E-state index in [0.29, 0.717) is 6.54 Å². The van der Waals surface area contributed by atoms with Crippen LogP contribution >= 0.6 is 0 Å². The van der Waals surface area contributed by atoms with E-state index in [1.165, 1.54) is 12.1 Å². The lowest BCUT2D eigenvalue weighted by molar-refractivity contribution is 0.570. The van der Waals surface area contributed by atoms with Gasteiger partial charge in [-0.2, -0.15) is 0 Å². The maximum atomic E-state index is 13.1. The summed E-state index contributed by atoms with van der Waals surface area (Å²) in [5.41, 5.74) is 6.83. The number of benzene rings is 1. The molecule has 24 heavy (non-hydrogen) atoms. The monoisotopic (exact) mass is 330 g/mol. The van der Waals surface area contributed by atoms with Crippen molar-refractivity contribution in [2.24, 2.45) is 5.73 Å². The summed E-state index contributed by atoms with van der Waals surface area (Å²) in [6.07, 6.45) is 3.91. The molecule has 0 radical (unpaired) electrons. The summed E-state index contributed by atoms with van der Waals surface area (Å²) in [7, 11) is 0. The van der Waals surface area contributed by atoms with Gasteiger partial charge in [-0.1, -0.05) is 18.2 Å². The average molecular weight is 330 g/mol. The molecule has 130 valence electrons. The molecule has 0 bridgehead atoms. The summed E-state index contributed by atoms with van der Waals surface area (Å²) >= 11 is 0. The molecule has 2 aromatic rings. The van der Waals surface area contributed by atoms with Crippen LogP contribution in [0.25, 0.3) is 0 Å². The molecule has 1 aromatic carbocycles. The van der Waals surface area contributed by atoms with Crippen molar-refractivity contribution >= 4 is 5.82 Å². The second-order valence-corrected chi connectivity index (χ2v) is 6.11. The summed E-state index contributed by atoms with van der Waals surface area (Å²) in [6.45, 7) is 5.42. The third-order valence-corrected chi connectivity index (χ3v) is 3.83. The first-order valence-corrected chi connectivity index (χ1v) is 8.52. The Labute approximate surface area is 143 Å². The molecule has 0 spiro atoms. The number of nitrogens with two attached hydrogens (primary N) is 1. The number of hydrogen-bond acceptors (Lipinski definition) is 4. The zero-order valence-electron chi connectivity index (χ0n) is 14.3. The average Bonchev–Trinajstić information content (AvgIpc) is 2.59. The van der Waals surface area contributed by atoms with Gasteiger partial charge in [0, 0.05) is 31.9 Å². The van der Waals surface area contributed by atoms with E-state index >= 15 is 0 Å². The van der Waals surface area contributed by atoms with E-state index in [4.69, 9.17) is 5.73 Å². The number of pyridine rings is 1. The van der Waals surface area contributed by atoms with Gasteiger partial charge in [0.2, 0.25) is 0 Å². The molecule has 0 aliphatic heterocycles. The Morgan fingerprint density at radius 2 is 1.96 bits per heavy atom. The first kappa shape index (κ1) is 18.4. The highest BCUT2D eigenvalue weighted by Gasteiger charge is 2.08. The highest BCUT2D eigenvalue weighted by Crippen LogP contribution is 2.14. The Morgan fingerprint density at radius 1 is 1.17 bits per heavy atom. The first-order chi connectivity index (χ1) is 11.6. The predicted octanol–water partition coefficient (Wildman–Crippen LogP) is 2.94. The molecule has 3 N–H and O–H groups in total. The molecule has 1 atom stereocenters. The third kappa shape index (κ3) is 6.64. The molecular formula is C19H27FN4. The number of nitrogens with zero attached hydrogens (tertiary/aromatic N) is 2. The normalized spacial score (nSPS) is 12.1. The summed E-state index contributed by atoms with van der Waals surface area (Å²) in [6, 6.07) is 12.8. The van der Waals surface area contributed by atoms with Crippen LogP contribution < -0.4 is 16.0 Å². The van der Waals surface area contributed by atoms with Crippen molar-refractivity contribution in [2.75, 3.05) is 24.5 Å². The zero-order chi connectivity index (χ0) is 17.2. The molecule has 1 heterocycles. The fourth-order valence-electron chi connectivity index (χ4n) is 2.51. The number of hydrogen-bond donors (Lipinski definition) is 2. The van der Waals surface area contributed by atoms with Crippen molar-refractivity contribution < 1.29 is 4.39 Å². The van der Waals surface area contributed by atoms with Crippen molar-refractivity contribution in [1.29, 1.82) is 0 Å². The van der Waals surface area contributed by atoms with Gasteiger partial charge in [-0.15, -0.1) is 0 Å². The van der Waals surface area contributed by atoms with Crippen LogP contribution in [0.15, 0.2) is 48.7 Å². The Kier molecular flexibility index (Phi) is 7.65. The van der Waals surface area contributed by atoms with Gasteiger partial charge >= 0.3 is 0 Å². The Bertz CT molecular complexity index is 572. The van der Waals surface area contributed by atoms with Gasteiger partial charge in [-0.3, -0.25) is 0 Å². The highest BCUT2D eigenvalue weighted by atomic mass is 19.1. The van der Waals surface area contributed by atoms with E-state index in [2.05, 4.69) is 15.2 Å². The number of halogens is 1. The summed E-state index contributed by atoms with van der Waals surface area (Å²) in [4.78, 5) is 6.64. The largest absolute Gasteiger partial charge is 0.351 e. The fraction of sp³-hybridized carbons (Fsp3) is 0.421. The number of aromatic nitrogens is 1. The maximum absolute atomic E-state index is 13.1. The van der Waals surface area contributed by atoms with Crippen LogP contribution in [0, 0.1) is 5.82 Å². The Hall–Kier alpha value is -1.98. The van der Waals surface area contributed by atoms with Gasteiger partial charge in [0.05, 0.1) is 0 Å².